The fourth-order valence-electron chi connectivity index (χ4n) is 1.26. The topological polar surface area (TPSA) is 77.2 Å². The molecule has 0 aliphatic heterocycles. The third-order valence-electron chi connectivity index (χ3n) is 2.49. The Kier molecular flexibility index (Phi) is 4.86. The van der Waals surface area contributed by atoms with E-state index >= 15 is 0 Å². The van der Waals surface area contributed by atoms with Crippen molar-refractivity contribution in [1.82, 2.24) is 0 Å². The lowest BCUT2D eigenvalue weighted by Gasteiger charge is -2.08. The van der Waals surface area contributed by atoms with E-state index in [4.69, 9.17) is 5.73 Å². The van der Waals surface area contributed by atoms with Gasteiger partial charge >= 0.3 is 0 Å². The van der Waals surface area contributed by atoms with E-state index in [1.54, 1.807) is 13.8 Å². The first-order valence-electron chi connectivity index (χ1n) is 5.39. The predicted molar refractivity (Wildman–Crippen MR) is 71.0 cm³/mol. The van der Waals surface area contributed by atoms with Gasteiger partial charge in [-0.15, -0.1) is 0 Å². The van der Waals surface area contributed by atoms with Crippen LogP contribution in [0.3, 0.4) is 0 Å². The van der Waals surface area contributed by atoms with Crippen LogP contribution in [0, 0.1) is 5.82 Å². The first-order valence-corrected chi connectivity index (χ1v) is 8.42. The molecule has 0 spiro atoms. The normalized spacial score (nSPS) is 13.8. The minimum atomic E-state index is -3.23. The molecule has 102 valence electrons. The highest BCUT2D eigenvalue weighted by Crippen LogP contribution is 2.18. The van der Waals surface area contributed by atoms with Crippen LogP contribution >= 0.6 is 0 Å². The first-order chi connectivity index (χ1) is 8.24. The van der Waals surface area contributed by atoms with Gasteiger partial charge in [-0.2, -0.15) is 0 Å². The maximum Gasteiger partial charge on any atom is 0.153 e. The highest BCUT2D eigenvalue weighted by molar-refractivity contribution is 7.93. The quantitative estimate of drug-likeness (QED) is 0.831. The van der Waals surface area contributed by atoms with Crippen molar-refractivity contribution in [3.8, 4) is 0 Å². The molecular formula is C11H16FNO3S2. The maximum atomic E-state index is 12.8. The van der Waals surface area contributed by atoms with Crippen molar-refractivity contribution >= 4 is 26.3 Å². The molecule has 7 heteroatoms. The summed E-state index contributed by atoms with van der Waals surface area (Å²) in [5.41, 5.74) is 5.62. The monoisotopic (exact) mass is 293 g/mol. The summed E-state index contributed by atoms with van der Waals surface area (Å²) >= 11 is 0. The van der Waals surface area contributed by atoms with Gasteiger partial charge in [-0.1, -0.05) is 0 Å². The van der Waals surface area contributed by atoms with Crippen LogP contribution < -0.4 is 5.73 Å². The zero-order valence-electron chi connectivity index (χ0n) is 10.2. The number of nitrogens with two attached hydrogens (primary N) is 1. The molecule has 0 fully saturated rings. The van der Waals surface area contributed by atoms with Crippen LogP contribution in [-0.2, 0) is 20.6 Å². The number of sulfone groups is 1. The zero-order chi connectivity index (χ0) is 13.9. The molecule has 18 heavy (non-hydrogen) atoms. The van der Waals surface area contributed by atoms with Crippen molar-refractivity contribution in [3.05, 3.63) is 24.0 Å². The van der Waals surface area contributed by atoms with Gasteiger partial charge in [0.25, 0.3) is 0 Å². The molecular weight excluding hydrogens is 277 g/mol. The van der Waals surface area contributed by atoms with Gasteiger partial charge in [-0.05, 0) is 32.0 Å². The second-order valence-corrected chi connectivity index (χ2v) is 8.36. The molecule has 1 atom stereocenters. The summed E-state index contributed by atoms with van der Waals surface area (Å²) in [5, 5.41) is -0.500. The average Bonchev–Trinajstić information content (AvgIpc) is 2.25. The van der Waals surface area contributed by atoms with Crippen molar-refractivity contribution < 1.29 is 17.0 Å². The number of hydrogen-bond acceptors (Lipinski definition) is 4. The van der Waals surface area contributed by atoms with Gasteiger partial charge < -0.3 is 5.73 Å². The lowest BCUT2D eigenvalue weighted by molar-refractivity contribution is 0.588. The fourth-order valence-corrected chi connectivity index (χ4v) is 4.03. The second kappa shape index (κ2) is 5.79. The van der Waals surface area contributed by atoms with Crippen LogP contribution in [0.2, 0.25) is 0 Å². The molecule has 0 bridgehead atoms. The Morgan fingerprint density at radius 3 is 2.50 bits per heavy atom. The minimum absolute atomic E-state index is 0.0314. The summed E-state index contributed by atoms with van der Waals surface area (Å²) in [5.74, 6) is -0.715. The molecule has 0 saturated heterocycles. The van der Waals surface area contributed by atoms with E-state index in [0.29, 0.717) is 0 Å². The Bertz CT molecular complexity index is 555. The number of anilines is 1. The number of nitrogen functional groups attached to an aromatic ring is 1. The van der Waals surface area contributed by atoms with Crippen molar-refractivity contribution in [2.75, 3.05) is 17.2 Å². The molecule has 0 aliphatic carbocycles. The SMILES string of the molecule is CC(C)S(=O)(=O)CCS(=O)c1ccc(F)cc1N. The van der Waals surface area contributed by atoms with E-state index in [0.717, 1.165) is 12.1 Å². The van der Waals surface area contributed by atoms with Gasteiger partial charge in [0, 0.05) is 5.75 Å². The average molecular weight is 293 g/mol. The van der Waals surface area contributed by atoms with Crippen LogP contribution in [0.1, 0.15) is 13.8 Å². The third kappa shape index (κ3) is 3.78. The summed E-state index contributed by atoms with van der Waals surface area (Å²) in [4.78, 5) is 0.273. The molecule has 4 nitrogen and oxygen atoms in total. The highest BCUT2D eigenvalue weighted by Gasteiger charge is 2.18. The predicted octanol–water partition coefficient (Wildman–Crippen LogP) is 1.34. The fraction of sp³-hybridized carbons (Fsp3) is 0.455. The van der Waals surface area contributed by atoms with E-state index in [1.165, 1.54) is 6.07 Å². The molecule has 1 aromatic rings. The van der Waals surface area contributed by atoms with Gasteiger partial charge in [-0.25, -0.2) is 12.8 Å². The van der Waals surface area contributed by atoms with Crippen molar-refractivity contribution in [2.45, 2.75) is 24.0 Å². The van der Waals surface area contributed by atoms with E-state index < -0.39 is 31.7 Å². The maximum absolute atomic E-state index is 12.8. The number of hydrogen-bond donors (Lipinski definition) is 1. The minimum Gasteiger partial charge on any atom is -0.398 e. The Hall–Kier alpha value is -0.950. The molecule has 1 rings (SSSR count). The number of benzene rings is 1. The molecule has 0 aromatic heterocycles. The lowest BCUT2D eigenvalue weighted by atomic mass is 10.3. The summed E-state index contributed by atoms with van der Waals surface area (Å²) in [7, 11) is -4.77. The van der Waals surface area contributed by atoms with Crippen LogP contribution in [0.4, 0.5) is 10.1 Å². The molecule has 0 amide bonds. The van der Waals surface area contributed by atoms with Gasteiger partial charge in [0.05, 0.1) is 32.4 Å². The van der Waals surface area contributed by atoms with E-state index in [9.17, 15) is 17.0 Å². The molecule has 2 N–H and O–H groups in total. The molecule has 0 saturated carbocycles. The summed E-state index contributed by atoms with van der Waals surface area (Å²) in [6.45, 7) is 3.15. The largest absolute Gasteiger partial charge is 0.398 e. The van der Waals surface area contributed by atoms with Crippen molar-refractivity contribution in [1.29, 1.82) is 0 Å². The van der Waals surface area contributed by atoms with Gasteiger partial charge in [0.1, 0.15) is 5.82 Å². The number of halogens is 1. The smallest absolute Gasteiger partial charge is 0.153 e. The summed E-state index contributed by atoms with van der Waals surface area (Å²) < 4.78 is 47.9. The van der Waals surface area contributed by atoms with Crippen molar-refractivity contribution in [3.63, 3.8) is 0 Å². The van der Waals surface area contributed by atoms with Crippen LogP contribution in [0.15, 0.2) is 23.1 Å². The van der Waals surface area contributed by atoms with E-state index in [-0.39, 0.29) is 22.1 Å². The van der Waals surface area contributed by atoms with Crippen LogP contribution in [0.5, 0.6) is 0 Å². The molecule has 1 aromatic carbocycles. The van der Waals surface area contributed by atoms with Gasteiger partial charge in [0.2, 0.25) is 0 Å². The summed E-state index contributed by atoms with van der Waals surface area (Å²) in [6.07, 6.45) is 0. The Balaban J connectivity index is 2.78. The van der Waals surface area contributed by atoms with E-state index in [1.807, 2.05) is 0 Å². The van der Waals surface area contributed by atoms with Crippen LogP contribution in [-0.4, -0.2) is 29.4 Å². The van der Waals surface area contributed by atoms with Gasteiger partial charge in [-0.3, -0.25) is 4.21 Å². The van der Waals surface area contributed by atoms with E-state index in [2.05, 4.69) is 0 Å². The summed E-state index contributed by atoms with van der Waals surface area (Å²) in [6, 6.07) is 3.55. The zero-order valence-corrected chi connectivity index (χ0v) is 11.9. The Labute approximate surface area is 109 Å². The second-order valence-electron chi connectivity index (χ2n) is 4.15. The molecule has 0 aliphatic rings. The molecule has 1 unspecified atom stereocenters. The third-order valence-corrected chi connectivity index (χ3v) is 6.39. The molecule has 0 radical (unpaired) electrons. The molecule has 0 heterocycles. The highest BCUT2D eigenvalue weighted by atomic mass is 32.2. The lowest BCUT2D eigenvalue weighted by Crippen LogP contribution is -2.21. The number of rotatable bonds is 5. The standard InChI is InChI=1S/C11H16FNO3S2/c1-8(2)18(15,16)6-5-17(14)11-4-3-9(12)7-10(11)13/h3-4,7-8H,5-6,13H2,1-2H3. The first kappa shape index (κ1) is 15.1. The Morgan fingerprint density at radius 1 is 1.39 bits per heavy atom. The van der Waals surface area contributed by atoms with Gasteiger partial charge in [0.15, 0.2) is 9.84 Å². The Morgan fingerprint density at radius 2 is 2.00 bits per heavy atom. The van der Waals surface area contributed by atoms with Crippen LogP contribution in [0.25, 0.3) is 0 Å². The van der Waals surface area contributed by atoms with Crippen molar-refractivity contribution in [2.24, 2.45) is 0 Å².